The minimum absolute atomic E-state index is 0.971. The Kier molecular flexibility index (Phi) is 2.20. The van der Waals surface area contributed by atoms with Crippen molar-refractivity contribution >= 4 is 11.6 Å². The van der Waals surface area contributed by atoms with E-state index in [9.17, 15) is 0 Å². The predicted octanol–water partition coefficient (Wildman–Crippen LogP) is 2.72. The Labute approximate surface area is 72.4 Å². The van der Waals surface area contributed by atoms with E-state index in [1.165, 1.54) is 15.0 Å². The van der Waals surface area contributed by atoms with Gasteiger partial charge in [-0.1, -0.05) is 0 Å². The van der Waals surface area contributed by atoms with E-state index in [-0.39, 0.29) is 0 Å². The third-order valence-electron chi connectivity index (χ3n) is 1.75. The van der Waals surface area contributed by atoms with E-state index in [1.807, 2.05) is 0 Å². The van der Waals surface area contributed by atoms with Gasteiger partial charge in [0.2, 0.25) is 0 Å². The average molecular weight is 175 g/mol. The molecule has 0 spiro atoms. The van der Waals surface area contributed by atoms with Crippen LogP contribution in [-0.4, -0.2) is 0 Å². The van der Waals surface area contributed by atoms with Crippen molar-refractivity contribution in [2.45, 2.75) is 20.3 Å². The van der Waals surface area contributed by atoms with Gasteiger partial charge in [0, 0.05) is 0 Å². The molecule has 0 heterocycles. The normalized spacial score (nSPS) is 19.8. The first-order valence-corrected chi connectivity index (χ1v) is 4.05. The first-order valence-electron chi connectivity index (χ1n) is 2.90. The molecule has 0 aromatic rings. The van der Waals surface area contributed by atoms with Crippen molar-refractivity contribution < 1.29 is 20.4 Å². The van der Waals surface area contributed by atoms with Crippen molar-refractivity contribution in [3.63, 3.8) is 0 Å². The number of allylic oxidation sites excluding steroid dienone is 4. The van der Waals surface area contributed by atoms with Crippen LogP contribution in [-0.2, 0) is 20.4 Å². The van der Waals surface area contributed by atoms with E-state index in [0.717, 1.165) is 11.5 Å². The molecule has 0 atom stereocenters. The second-order valence-electron chi connectivity index (χ2n) is 2.31. The molecular formula is C7H8ClTi. The summed E-state index contributed by atoms with van der Waals surface area (Å²) in [5, 5.41) is 1.02. The summed E-state index contributed by atoms with van der Waals surface area (Å²) in [6, 6.07) is 0. The molecule has 0 saturated carbocycles. The molecule has 2 heteroatoms. The van der Waals surface area contributed by atoms with Crippen molar-refractivity contribution in [1.82, 2.24) is 0 Å². The van der Waals surface area contributed by atoms with E-state index < -0.39 is 0 Å². The fourth-order valence-corrected chi connectivity index (χ4v) is 1.87. The van der Waals surface area contributed by atoms with Gasteiger partial charge in [-0.2, -0.15) is 0 Å². The predicted molar refractivity (Wildman–Crippen MR) is 35.9 cm³/mol. The van der Waals surface area contributed by atoms with Gasteiger partial charge in [0.1, 0.15) is 0 Å². The van der Waals surface area contributed by atoms with Crippen LogP contribution in [0.2, 0.25) is 0 Å². The Balaban J connectivity index is 2.97. The quantitative estimate of drug-likeness (QED) is 0.497. The van der Waals surface area contributed by atoms with Gasteiger partial charge in [0.05, 0.1) is 0 Å². The first kappa shape index (κ1) is 7.59. The Morgan fingerprint density at radius 3 is 2.00 bits per heavy atom. The molecule has 0 saturated heterocycles. The van der Waals surface area contributed by atoms with Crippen LogP contribution in [0.1, 0.15) is 20.3 Å². The molecule has 1 aliphatic carbocycles. The zero-order chi connectivity index (χ0) is 7.02. The van der Waals surface area contributed by atoms with Crippen LogP contribution in [0.3, 0.4) is 0 Å². The summed E-state index contributed by atoms with van der Waals surface area (Å²) in [4.78, 5) is 0. The minimum atomic E-state index is 0.971. The summed E-state index contributed by atoms with van der Waals surface area (Å²) in [6.07, 6.45) is 0.971. The van der Waals surface area contributed by atoms with Gasteiger partial charge in [-0.25, -0.2) is 0 Å². The van der Waals surface area contributed by atoms with Gasteiger partial charge >= 0.3 is 72.4 Å². The molecule has 0 amide bonds. The molecule has 0 nitrogen and oxygen atoms in total. The molecule has 0 aromatic heterocycles. The Hall–Kier alpha value is 0.484. The molecule has 0 unspecified atom stereocenters. The summed E-state index contributed by atoms with van der Waals surface area (Å²) in [6.45, 7) is 4.20. The Bertz CT molecular complexity index is 179. The van der Waals surface area contributed by atoms with Crippen molar-refractivity contribution in [1.29, 1.82) is 0 Å². The number of hydrogen-bond donors (Lipinski definition) is 0. The van der Waals surface area contributed by atoms with Crippen LogP contribution in [0, 0.1) is 0 Å². The van der Waals surface area contributed by atoms with Gasteiger partial charge in [-0.15, -0.1) is 0 Å². The third kappa shape index (κ3) is 1.31. The monoisotopic (exact) mass is 175 g/mol. The molecule has 0 N–H and O–H groups in total. The van der Waals surface area contributed by atoms with Crippen molar-refractivity contribution in [2.24, 2.45) is 0 Å². The van der Waals surface area contributed by atoms with E-state index in [0.29, 0.717) is 0 Å². The molecule has 0 aromatic carbocycles. The van der Waals surface area contributed by atoms with Crippen molar-refractivity contribution in [2.75, 3.05) is 0 Å². The third-order valence-corrected chi connectivity index (χ3v) is 3.03. The standard InChI is InChI=1S/C7H8Cl.Ti/c1-5-3-4-7(8)6(5)2;/h4H2,1-2H3;. The van der Waals surface area contributed by atoms with Gasteiger partial charge in [-0.05, 0) is 0 Å². The summed E-state index contributed by atoms with van der Waals surface area (Å²) in [7, 11) is 0. The second kappa shape index (κ2) is 2.61. The maximum atomic E-state index is 5.89. The van der Waals surface area contributed by atoms with Crippen LogP contribution >= 0.6 is 11.6 Å². The van der Waals surface area contributed by atoms with Crippen LogP contribution in [0.15, 0.2) is 20.1 Å². The zero-order valence-corrected chi connectivity index (χ0v) is 7.90. The zero-order valence-electron chi connectivity index (χ0n) is 5.59. The van der Waals surface area contributed by atoms with Gasteiger partial charge in [0.15, 0.2) is 0 Å². The summed E-state index contributed by atoms with van der Waals surface area (Å²) in [5.41, 5.74) is 2.65. The molecule has 0 bridgehead atoms. The van der Waals surface area contributed by atoms with E-state index >= 15 is 0 Å². The van der Waals surface area contributed by atoms with E-state index in [4.69, 9.17) is 11.6 Å². The summed E-state index contributed by atoms with van der Waals surface area (Å²) in [5.74, 6) is 0. The summed E-state index contributed by atoms with van der Waals surface area (Å²) < 4.78 is 1.41. The second-order valence-corrected chi connectivity index (χ2v) is 3.71. The molecule has 0 fully saturated rings. The average Bonchev–Trinajstić information content (AvgIpc) is 1.98. The molecule has 0 radical (unpaired) electrons. The molecule has 9 heavy (non-hydrogen) atoms. The number of rotatable bonds is 0. The van der Waals surface area contributed by atoms with Gasteiger partial charge < -0.3 is 0 Å². The Morgan fingerprint density at radius 1 is 1.33 bits per heavy atom. The fraction of sp³-hybridized carbons (Fsp3) is 0.429. The Morgan fingerprint density at radius 2 is 1.89 bits per heavy atom. The first-order chi connectivity index (χ1) is 4.13. The number of hydrogen-bond acceptors (Lipinski definition) is 0. The van der Waals surface area contributed by atoms with E-state index in [1.54, 1.807) is 0 Å². The molecular weight excluding hydrogens is 167 g/mol. The van der Waals surface area contributed by atoms with Gasteiger partial charge in [0.25, 0.3) is 0 Å². The van der Waals surface area contributed by atoms with Crippen molar-refractivity contribution in [3.05, 3.63) is 20.1 Å². The van der Waals surface area contributed by atoms with Crippen molar-refractivity contribution in [3.8, 4) is 0 Å². The molecule has 0 aliphatic heterocycles. The summed E-state index contributed by atoms with van der Waals surface area (Å²) >= 11 is 8.02. The maximum absolute atomic E-state index is 5.89. The fourth-order valence-electron chi connectivity index (χ4n) is 0.850. The van der Waals surface area contributed by atoms with Crippen LogP contribution < -0.4 is 0 Å². The molecule has 47 valence electrons. The SMILES string of the molecule is CC1=C(Cl)C[C]([Ti])=C1C. The number of halogens is 1. The van der Waals surface area contributed by atoms with Crippen LogP contribution in [0.5, 0.6) is 0 Å². The molecule has 1 aliphatic rings. The molecule has 1 rings (SSSR count). The topological polar surface area (TPSA) is 0 Å². The van der Waals surface area contributed by atoms with Crippen LogP contribution in [0.25, 0.3) is 0 Å². The van der Waals surface area contributed by atoms with E-state index in [2.05, 4.69) is 34.3 Å². The van der Waals surface area contributed by atoms with Gasteiger partial charge in [-0.3, -0.25) is 0 Å². The van der Waals surface area contributed by atoms with Crippen LogP contribution in [0.4, 0.5) is 0 Å².